The van der Waals surface area contributed by atoms with Gasteiger partial charge in [-0.05, 0) is 30.5 Å². The zero-order valence-electron chi connectivity index (χ0n) is 13.3. The molecule has 0 radical (unpaired) electrons. The Kier molecular flexibility index (Phi) is 4.18. The van der Waals surface area contributed by atoms with E-state index in [0.717, 1.165) is 31.2 Å². The molecule has 24 heavy (non-hydrogen) atoms. The number of carbonyl (C=O) groups excluding carboxylic acids is 1. The molecule has 0 spiro atoms. The average molecular weight is 344 g/mol. The lowest BCUT2D eigenvalue weighted by Crippen LogP contribution is -2.21. The zero-order valence-corrected chi connectivity index (χ0v) is 14.1. The van der Waals surface area contributed by atoms with Gasteiger partial charge in [0.1, 0.15) is 5.82 Å². The second-order valence-corrected chi connectivity index (χ2v) is 7.48. The smallest absolute Gasteiger partial charge is 0.270 e. The van der Waals surface area contributed by atoms with E-state index in [4.69, 9.17) is 0 Å². The number of thioether (sulfide) groups is 1. The number of hydrogen-bond acceptors (Lipinski definition) is 4. The van der Waals surface area contributed by atoms with Gasteiger partial charge in [-0.3, -0.25) is 24.4 Å². The normalized spacial score (nSPS) is 21.8. The van der Waals surface area contributed by atoms with Gasteiger partial charge < -0.3 is 5.32 Å². The molecule has 1 saturated carbocycles. The number of anilines is 1. The lowest BCUT2D eigenvalue weighted by Gasteiger charge is -2.24. The Morgan fingerprint density at radius 1 is 1.12 bits per heavy atom. The third-order valence-corrected chi connectivity index (χ3v) is 6.08. The molecule has 0 saturated heterocycles. The summed E-state index contributed by atoms with van der Waals surface area (Å²) < 4.78 is 1.91. The van der Waals surface area contributed by atoms with Crippen LogP contribution in [0.4, 0.5) is 5.82 Å². The summed E-state index contributed by atoms with van der Waals surface area (Å²) in [6.45, 7) is 0. The van der Waals surface area contributed by atoms with Crippen molar-refractivity contribution in [3.8, 4) is 0 Å². The summed E-state index contributed by atoms with van der Waals surface area (Å²) in [6.07, 6.45) is 9.10. The number of rotatable bonds is 2. The van der Waals surface area contributed by atoms with Crippen molar-refractivity contribution >= 4 is 23.5 Å². The monoisotopic (exact) mass is 344 g/mol. The first kappa shape index (κ1) is 15.5. The molecule has 2 aliphatic rings. The number of aromatic nitrogens is 3. The number of carbonyl (C=O) groups is 1. The minimum atomic E-state index is -0.157. The van der Waals surface area contributed by atoms with Gasteiger partial charge in [-0.15, -0.1) is 11.8 Å². The van der Waals surface area contributed by atoms with Crippen LogP contribution >= 0.6 is 11.8 Å². The first-order valence-electron chi connectivity index (χ1n) is 8.40. The van der Waals surface area contributed by atoms with Crippen molar-refractivity contribution in [1.29, 1.82) is 0 Å². The lowest BCUT2D eigenvalue weighted by molar-refractivity contribution is -0.113. The van der Waals surface area contributed by atoms with Gasteiger partial charge in [0.2, 0.25) is 5.91 Å². The number of H-pyrrole nitrogens is 1. The number of nitrogens with one attached hydrogen (secondary N) is 2. The summed E-state index contributed by atoms with van der Waals surface area (Å²) in [5.74, 6) is 0.941. The number of aromatic amines is 1. The van der Waals surface area contributed by atoms with Gasteiger partial charge in [-0.25, -0.2) is 0 Å². The van der Waals surface area contributed by atoms with Gasteiger partial charge in [0.15, 0.2) is 0 Å². The standard InChI is InChI=1S/C17H20N4O2S/c22-13-10-24-15(11-6-8-18-9-7-11)14-16(19-13)21(20-17(14)23)12-4-2-1-3-5-12/h6-9,12,15H,1-5,10H2,(H,19,22)(H,20,23). The molecule has 126 valence electrons. The minimum Gasteiger partial charge on any atom is -0.310 e. The molecule has 1 aliphatic carbocycles. The Balaban J connectivity index is 1.82. The Morgan fingerprint density at radius 2 is 1.88 bits per heavy atom. The molecular formula is C17H20N4O2S. The molecule has 7 heteroatoms. The SMILES string of the molecule is O=C1CSC(c2ccncc2)c2c(n(C3CCCCC3)[nH]c2=O)N1. The molecule has 1 unspecified atom stereocenters. The maximum atomic E-state index is 12.7. The number of hydrogen-bond donors (Lipinski definition) is 2. The fourth-order valence-corrected chi connectivity index (χ4v) is 4.78. The average Bonchev–Trinajstić information content (AvgIpc) is 2.83. The Labute approximate surface area is 144 Å². The molecule has 2 N–H and O–H groups in total. The van der Waals surface area contributed by atoms with Crippen LogP contribution in [0, 0.1) is 0 Å². The van der Waals surface area contributed by atoms with Gasteiger partial charge in [0, 0.05) is 12.4 Å². The van der Waals surface area contributed by atoms with Gasteiger partial charge in [-0.1, -0.05) is 19.3 Å². The van der Waals surface area contributed by atoms with E-state index < -0.39 is 0 Å². The summed E-state index contributed by atoms with van der Waals surface area (Å²) in [6, 6.07) is 4.08. The van der Waals surface area contributed by atoms with Crippen molar-refractivity contribution in [2.75, 3.05) is 11.1 Å². The van der Waals surface area contributed by atoms with E-state index in [-0.39, 0.29) is 22.8 Å². The molecule has 4 rings (SSSR count). The zero-order chi connectivity index (χ0) is 16.5. The Morgan fingerprint density at radius 3 is 2.62 bits per heavy atom. The fourth-order valence-electron chi connectivity index (χ4n) is 3.66. The molecular weight excluding hydrogens is 324 g/mol. The van der Waals surface area contributed by atoms with Gasteiger partial charge in [-0.2, -0.15) is 0 Å². The van der Waals surface area contributed by atoms with Crippen LogP contribution in [0.3, 0.4) is 0 Å². The first-order valence-corrected chi connectivity index (χ1v) is 9.44. The molecule has 2 aromatic heterocycles. The van der Waals surface area contributed by atoms with E-state index in [1.165, 1.54) is 18.2 Å². The molecule has 0 bridgehead atoms. The van der Waals surface area contributed by atoms with Gasteiger partial charge >= 0.3 is 0 Å². The summed E-state index contributed by atoms with van der Waals surface area (Å²) in [4.78, 5) is 29.0. The van der Waals surface area contributed by atoms with Gasteiger partial charge in [0.25, 0.3) is 5.56 Å². The quantitative estimate of drug-likeness (QED) is 0.878. The van der Waals surface area contributed by atoms with E-state index in [1.807, 2.05) is 16.8 Å². The highest BCUT2D eigenvalue weighted by molar-refractivity contribution is 8.00. The van der Waals surface area contributed by atoms with Crippen LogP contribution in [-0.4, -0.2) is 26.4 Å². The van der Waals surface area contributed by atoms with Crippen LogP contribution in [0.1, 0.15) is 54.5 Å². The van der Waals surface area contributed by atoms with E-state index in [1.54, 1.807) is 12.4 Å². The van der Waals surface area contributed by atoms with Crippen molar-refractivity contribution in [2.24, 2.45) is 0 Å². The highest BCUT2D eigenvalue weighted by atomic mass is 32.2. The third kappa shape index (κ3) is 2.77. The second kappa shape index (κ2) is 6.47. The van der Waals surface area contributed by atoms with E-state index >= 15 is 0 Å². The van der Waals surface area contributed by atoms with E-state index in [0.29, 0.717) is 17.1 Å². The first-order chi connectivity index (χ1) is 11.7. The molecule has 1 aliphatic heterocycles. The number of fused-ring (bicyclic) bond motifs is 1. The van der Waals surface area contributed by atoms with Crippen LogP contribution in [0.5, 0.6) is 0 Å². The van der Waals surface area contributed by atoms with E-state index in [9.17, 15) is 9.59 Å². The maximum Gasteiger partial charge on any atom is 0.270 e. The highest BCUT2D eigenvalue weighted by Crippen LogP contribution is 2.41. The van der Waals surface area contributed by atoms with Crippen LogP contribution < -0.4 is 10.9 Å². The molecule has 2 aromatic rings. The lowest BCUT2D eigenvalue weighted by atomic mass is 9.95. The number of nitrogens with zero attached hydrogens (tertiary/aromatic N) is 2. The molecule has 0 aromatic carbocycles. The molecule has 1 amide bonds. The number of amides is 1. The summed E-state index contributed by atoms with van der Waals surface area (Å²) in [5.41, 5.74) is 1.55. The molecule has 6 nitrogen and oxygen atoms in total. The molecule has 1 atom stereocenters. The summed E-state index contributed by atoms with van der Waals surface area (Å²) in [7, 11) is 0. The predicted octanol–water partition coefficient (Wildman–Crippen LogP) is 2.85. The minimum absolute atomic E-state index is 0.0543. The van der Waals surface area contributed by atoms with Crippen LogP contribution in [0.15, 0.2) is 29.3 Å². The highest BCUT2D eigenvalue weighted by Gasteiger charge is 2.32. The largest absolute Gasteiger partial charge is 0.310 e. The number of pyridine rings is 1. The Hall–Kier alpha value is -2.02. The predicted molar refractivity (Wildman–Crippen MR) is 94.3 cm³/mol. The van der Waals surface area contributed by atoms with Crippen molar-refractivity contribution in [3.05, 3.63) is 46.0 Å². The molecule has 3 heterocycles. The van der Waals surface area contributed by atoms with Crippen molar-refractivity contribution in [2.45, 2.75) is 43.4 Å². The van der Waals surface area contributed by atoms with Gasteiger partial charge in [0.05, 0.1) is 22.6 Å². The summed E-state index contributed by atoms with van der Waals surface area (Å²) in [5, 5.41) is 5.80. The Bertz CT molecular complexity index is 793. The van der Waals surface area contributed by atoms with Crippen LogP contribution in [0.2, 0.25) is 0 Å². The van der Waals surface area contributed by atoms with Crippen molar-refractivity contribution in [3.63, 3.8) is 0 Å². The van der Waals surface area contributed by atoms with Crippen LogP contribution in [-0.2, 0) is 4.79 Å². The summed E-state index contributed by atoms with van der Waals surface area (Å²) >= 11 is 1.49. The topological polar surface area (TPSA) is 79.8 Å². The molecule has 1 fully saturated rings. The maximum absolute atomic E-state index is 12.7. The third-order valence-electron chi connectivity index (χ3n) is 4.81. The van der Waals surface area contributed by atoms with Crippen molar-refractivity contribution in [1.82, 2.24) is 14.8 Å². The fraction of sp³-hybridized carbons (Fsp3) is 0.471. The van der Waals surface area contributed by atoms with Crippen molar-refractivity contribution < 1.29 is 4.79 Å². The van der Waals surface area contributed by atoms with E-state index in [2.05, 4.69) is 15.4 Å². The van der Waals surface area contributed by atoms with Crippen LogP contribution in [0.25, 0.3) is 0 Å². The second-order valence-electron chi connectivity index (χ2n) is 6.38.